The standard InChI is InChI=1S/C17H18O3/c1-13-6-3-4-8-16(13)12-20-17(18)15-9-5-7-14(10-15)11-19-2/h3-10H,11-12H2,1-2H3. The maximum Gasteiger partial charge on any atom is 0.338 e. The summed E-state index contributed by atoms with van der Waals surface area (Å²) in [4.78, 5) is 12.0. The Labute approximate surface area is 119 Å². The lowest BCUT2D eigenvalue weighted by Gasteiger charge is -2.08. The summed E-state index contributed by atoms with van der Waals surface area (Å²) < 4.78 is 10.4. The van der Waals surface area contributed by atoms with Crippen LogP contribution >= 0.6 is 0 Å². The Balaban J connectivity index is 2.01. The fraction of sp³-hybridized carbons (Fsp3) is 0.235. The molecule has 20 heavy (non-hydrogen) atoms. The van der Waals surface area contributed by atoms with Crippen LogP contribution in [0.25, 0.3) is 0 Å². The monoisotopic (exact) mass is 270 g/mol. The Kier molecular flexibility index (Phi) is 4.91. The summed E-state index contributed by atoms with van der Waals surface area (Å²) in [6.07, 6.45) is 0. The SMILES string of the molecule is COCc1cccc(C(=O)OCc2ccccc2C)c1. The van der Waals surface area contributed by atoms with Gasteiger partial charge in [0.1, 0.15) is 6.61 Å². The van der Waals surface area contributed by atoms with Crippen molar-refractivity contribution in [3.8, 4) is 0 Å². The van der Waals surface area contributed by atoms with Crippen molar-refractivity contribution in [1.29, 1.82) is 0 Å². The Morgan fingerprint density at radius 1 is 1.05 bits per heavy atom. The lowest BCUT2D eigenvalue weighted by atomic mass is 10.1. The highest BCUT2D eigenvalue weighted by molar-refractivity contribution is 5.89. The molecule has 0 N–H and O–H groups in total. The smallest absolute Gasteiger partial charge is 0.338 e. The van der Waals surface area contributed by atoms with E-state index in [9.17, 15) is 4.79 Å². The Hall–Kier alpha value is -2.13. The van der Waals surface area contributed by atoms with E-state index in [2.05, 4.69) is 0 Å². The first-order valence-corrected chi connectivity index (χ1v) is 6.50. The molecule has 0 unspecified atom stereocenters. The average molecular weight is 270 g/mol. The van der Waals surface area contributed by atoms with Crippen LogP contribution in [0, 0.1) is 6.92 Å². The van der Waals surface area contributed by atoms with Crippen molar-refractivity contribution in [3.05, 3.63) is 70.8 Å². The van der Waals surface area contributed by atoms with Crippen LogP contribution in [0.3, 0.4) is 0 Å². The van der Waals surface area contributed by atoms with Gasteiger partial charge in [0.2, 0.25) is 0 Å². The quantitative estimate of drug-likeness (QED) is 0.780. The summed E-state index contributed by atoms with van der Waals surface area (Å²) in [5.74, 6) is -0.314. The van der Waals surface area contributed by atoms with Gasteiger partial charge in [0.25, 0.3) is 0 Å². The van der Waals surface area contributed by atoms with Crippen molar-refractivity contribution in [2.45, 2.75) is 20.1 Å². The van der Waals surface area contributed by atoms with E-state index in [1.165, 1.54) is 0 Å². The van der Waals surface area contributed by atoms with E-state index in [0.717, 1.165) is 16.7 Å². The number of esters is 1. The lowest BCUT2D eigenvalue weighted by molar-refractivity contribution is 0.0472. The van der Waals surface area contributed by atoms with Crippen molar-refractivity contribution in [3.63, 3.8) is 0 Å². The summed E-state index contributed by atoms with van der Waals surface area (Å²) >= 11 is 0. The number of carbonyl (C=O) groups is 1. The number of hydrogen-bond donors (Lipinski definition) is 0. The third-order valence-electron chi connectivity index (χ3n) is 3.09. The van der Waals surface area contributed by atoms with E-state index in [1.807, 2.05) is 43.3 Å². The van der Waals surface area contributed by atoms with E-state index in [-0.39, 0.29) is 5.97 Å². The zero-order chi connectivity index (χ0) is 14.4. The molecular formula is C17H18O3. The molecule has 0 aromatic heterocycles. The van der Waals surface area contributed by atoms with Crippen molar-refractivity contribution in [2.24, 2.45) is 0 Å². The van der Waals surface area contributed by atoms with Crippen LogP contribution in [-0.4, -0.2) is 13.1 Å². The molecule has 0 bridgehead atoms. The predicted octanol–water partition coefficient (Wildman–Crippen LogP) is 3.50. The van der Waals surface area contributed by atoms with Crippen molar-refractivity contribution < 1.29 is 14.3 Å². The van der Waals surface area contributed by atoms with Gasteiger partial charge in [-0.1, -0.05) is 36.4 Å². The molecule has 2 aromatic rings. The van der Waals surface area contributed by atoms with Gasteiger partial charge in [0.15, 0.2) is 0 Å². The fourth-order valence-corrected chi connectivity index (χ4v) is 1.95. The van der Waals surface area contributed by atoms with Crippen LogP contribution < -0.4 is 0 Å². The van der Waals surface area contributed by atoms with E-state index < -0.39 is 0 Å². The van der Waals surface area contributed by atoms with E-state index in [0.29, 0.717) is 18.8 Å². The summed E-state index contributed by atoms with van der Waals surface area (Å²) in [6.45, 7) is 2.78. The van der Waals surface area contributed by atoms with Gasteiger partial charge in [-0.15, -0.1) is 0 Å². The molecule has 2 rings (SSSR count). The minimum absolute atomic E-state index is 0.292. The molecule has 0 heterocycles. The summed E-state index contributed by atoms with van der Waals surface area (Å²) in [7, 11) is 1.63. The molecule has 0 saturated heterocycles. The number of methoxy groups -OCH3 is 1. The minimum Gasteiger partial charge on any atom is -0.457 e. The van der Waals surface area contributed by atoms with Crippen molar-refractivity contribution in [2.75, 3.05) is 7.11 Å². The van der Waals surface area contributed by atoms with Gasteiger partial charge in [-0.25, -0.2) is 4.79 Å². The van der Waals surface area contributed by atoms with Gasteiger partial charge >= 0.3 is 5.97 Å². The first kappa shape index (κ1) is 14.3. The lowest BCUT2D eigenvalue weighted by Crippen LogP contribution is -2.06. The number of hydrogen-bond acceptors (Lipinski definition) is 3. The van der Waals surface area contributed by atoms with Gasteiger partial charge in [0.05, 0.1) is 12.2 Å². The predicted molar refractivity (Wildman–Crippen MR) is 77.5 cm³/mol. The average Bonchev–Trinajstić information content (AvgIpc) is 2.47. The van der Waals surface area contributed by atoms with Gasteiger partial charge in [-0.2, -0.15) is 0 Å². The third-order valence-corrected chi connectivity index (χ3v) is 3.09. The van der Waals surface area contributed by atoms with Gasteiger partial charge in [-0.05, 0) is 35.7 Å². The molecule has 3 heteroatoms. The normalized spacial score (nSPS) is 10.3. The van der Waals surface area contributed by atoms with E-state index in [4.69, 9.17) is 9.47 Å². The Morgan fingerprint density at radius 3 is 2.60 bits per heavy atom. The third kappa shape index (κ3) is 3.68. The Bertz CT molecular complexity index is 590. The first-order chi connectivity index (χ1) is 9.70. The van der Waals surface area contributed by atoms with Crippen LogP contribution in [0.5, 0.6) is 0 Å². The van der Waals surface area contributed by atoms with Crippen LogP contribution in [-0.2, 0) is 22.7 Å². The molecule has 0 spiro atoms. The Morgan fingerprint density at radius 2 is 1.85 bits per heavy atom. The molecule has 0 aliphatic carbocycles. The minimum atomic E-state index is -0.314. The van der Waals surface area contributed by atoms with Gasteiger partial charge in [-0.3, -0.25) is 0 Å². The second-order valence-electron chi connectivity index (χ2n) is 4.64. The molecular weight excluding hydrogens is 252 g/mol. The summed E-state index contributed by atoms with van der Waals surface area (Å²) in [6, 6.07) is 15.2. The number of ether oxygens (including phenoxy) is 2. The molecule has 0 fully saturated rings. The summed E-state index contributed by atoms with van der Waals surface area (Å²) in [5, 5.41) is 0. The highest BCUT2D eigenvalue weighted by atomic mass is 16.5. The zero-order valence-electron chi connectivity index (χ0n) is 11.8. The maximum atomic E-state index is 12.0. The second kappa shape index (κ2) is 6.87. The molecule has 0 atom stereocenters. The number of rotatable bonds is 5. The molecule has 0 saturated carbocycles. The summed E-state index contributed by atoms with van der Waals surface area (Å²) in [5.41, 5.74) is 3.65. The number of carbonyl (C=O) groups excluding carboxylic acids is 1. The molecule has 3 nitrogen and oxygen atoms in total. The largest absolute Gasteiger partial charge is 0.457 e. The van der Waals surface area contributed by atoms with Crippen LogP contribution in [0.15, 0.2) is 48.5 Å². The first-order valence-electron chi connectivity index (χ1n) is 6.50. The van der Waals surface area contributed by atoms with Crippen LogP contribution in [0.1, 0.15) is 27.0 Å². The van der Waals surface area contributed by atoms with Crippen molar-refractivity contribution in [1.82, 2.24) is 0 Å². The molecule has 0 aliphatic heterocycles. The number of aryl methyl sites for hydroxylation is 1. The van der Waals surface area contributed by atoms with Gasteiger partial charge in [0, 0.05) is 7.11 Å². The highest BCUT2D eigenvalue weighted by Crippen LogP contribution is 2.12. The maximum absolute atomic E-state index is 12.0. The molecule has 0 aliphatic rings. The number of benzene rings is 2. The fourth-order valence-electron chi connectivity index (χ4n) is 1.95. The van der Waals surface area contributed by atoms with Crippen LogP contribution in [0.4, 0.5) is 0 Å². The van der Waals surface area contributed by atoms with Gasteiger partial charge < -0.3 is 9.47 Å². The molecule has 0 amide bonds. The van der Waals surface area contributed by atoms with E-state index in [1.54, 1.807) is 19.2 Å². The van der Waals surface area contributed by atoms with Crippen LogP contribution in [0.2, 0.25) is 0 Å². The highest BCUT2D eigenvalue weighted by Gasteiger charge is 2.08. The molecule has 104 valence electrons. The zero-order valence-corrected chi connectivity index (χ0v) is 11.8. The molecule has 0 radical (unpaired) electrons. The van der Waals surface area contributed by atoms with Crippen molar-refractivity contribution >= 4 is 5.97 Å². The molecule has 2 aromatic carbocycles. The second-order valence-corrected chi connectivity index (χ2v) is 4.64. The topological polar surface area (TPSA) is 35.5 Å². The van der Waals surface area contributed by atoms with E-state index >= 15 is 0 Å².